The number of nitrogens with one attached hydrogen (secondary N) is 1. The molecule has 0 bridgehead atoms. The van der Waals surface area contributed by atoms with Gasteiger partial charge in [-0.1, -0.05) is 88.4 Å². The van der Waals surface area contributed by atoms with Gasteiger partial charge in [0, 0.05) is 12.4 Å². The largest absolute Gasteiger partial charge is 0.368 e. The van der Waals surface area contributed by atoms with Crippen molar-refractivity contribution < 1.29 is 0 Å². The van der Waals surface area contributed by atoms with Crippen molar-refractivity contribution in [3.8, 4) is 11.1 Å². The molecule has 2 aliphatic carbocycles. The standard InChI is InChI=1S/C22H24.C6H7N/c1-21(2)14-13-19-18-10-9-15-7-5-6-8-16(15)17(18)11-12-20(19)22(21,3)4;1-2-4-6-7-5-3-1/h5-8,10-13H,9,14H2,1-4H3;1-7H. The molecule has 1 aliphatic heterocycles. The summed E-state index contributed by atoms with van der Waals surface area (Å²) in [6.07, 6.45) is 18.7. The maximum atomic E-state index is 2.92. The summed E-state index contributed by atoms with van der Waals surface area (Å²) in [5.41, 5.74) is 6.30. The molecule has 3 aliphatic rings. The molecule has 0 saturated carbocycles. The van der Waals surface area contributed by atoms with Crippen molar-refractivity contribution in [2.75, 3.05) is 0 Å². The molecule has 0 fully saturated rings. The van der Waals surface area contributed by atoms with Gasteiger partial charge in [-0.3, -0.25) is 0 Å². The molecular formula is C28H31N. The highest BCUT2D eigenvalue weighted by molar-refractivity contribution is 5.74. The van der Waals surface area contributed by atoms with Crippen molar-refractivity contribution in [2.45, 2.75) is 46.0 Å². The maximum Gasteiger partial charge on any atom is 0.000442 e. The van der Waals surface area contributed by atoms with Crippen molar-refractivity contribution in [1.82, 2.24) is 5.32 Å². The first kappa shape index (κ1) is 19.5. The van der Waals surface area contributed by atoms with Crippen LogP contribution in [-0.2, 0) is 11.8 Å². The number of benzene rings is 2. The summed E-state index contributed by atoms with van der Waals surface area (Å²) >= 11 is 0. The number of fused-ring (bicyclic) bond motifs is 5. The van der Waals surface area contributed by atoms with Crippen LogP contribution in [0.2, 0.25) is 0 Å². The van der Waals surface area contributed by atoms with Crippen LogP contribution in [-0.4, -0.2) is 0 Å². The van der Waals surface area contributed by atoms with Gasteiger partial charge < -0.3 is 5.32 Å². The lowest BCUT2D eigenvalue weighted by Gasteiger charge is -2.45. The highest BCUT2D eigenvalue weighted by Crippen LogP contribution is 2.45. The van der Waals surface area contributed by atoms with Crippen molar-refractivity contribution in [3.05, 3.63) is 94.7 Å². The third-order valence-corrected chi connectivity index (χ3v) is 7.02. The highest BCUT2D eigenvalue weighted by Gasteiger charge is 2.40. The molecule has 0 atom stereocenters. The van der Waals surface area contributed by atoms with E-state index in [1.54, 1.807) is 0 Å². The van der Waals surface area contributed by atoms with Gasteiger partial charge in [0.25, 0.3) is 0 Å². The van der Waals surface area contributed by atoms with Gasteiger partial charge in [0.05, 0.1) is 0 Å². The zero-order chi connectivity index (χ0) is 20.5. The summed E-state index contributed by atoms with van der Waals surface area (Å²) in [5, 5.41) is 5.86. The first-order valence-corrected chi connectivity index (χ1v) is 10.6. The van der Waals surface area contributed by atoms with Crippen molar-refractivity contribution >= 4 is 12.2 Å². The van der Waals surface area contributed by atoms with Crippen LogP contribution in [0.5, 0.6) is 0 Å². The minimum Gasteiger partial charge on any atom is -0.368 e. The van der Waals surface area contributed by atoms with Crippen LogP contribution in [0.15, 0.2) is 73.1 Å². The Bertz CT molecular complexity index is 1110. The van der Waals surface area contributed by atoms with E-state index >= 15 is 0 Å². The molecular weight excluding hydrogens is 350 g/mol. The molecule has 5 rings (SSSR count). The molecule has 1 heterocycles. The Morgan fingerprint density at radius 1 is 0.724 bits per heavy atom. The van der Waals surface area contributed by atoms with Crippen LogP contribution in [0.25, 0.3) is 23.3 Å². The van der Waals surface area contributed by atoms with Gasteiger partial charge in [0.2, 0.25) is 0 Å². The van der Waals surface area contributed by atoms with E-state index in [-0.39, 0.29) is 5.41 Å². The number of hydrogen-bond acceptors (Lipinski definition) is 1. The Hall–Kier alpha value is -2.80. The second-order valence-electron chi connectivity index (χ2n) is 9.24. The molecule has 0 aromatic heterocycles. The quantitative estimate of drug-likeness (QED) is 0.648. The Morgan fingerprint density at radius 2 is 1.45 bits per heavy atom. The van der Waals surface area contributed by atoms with E-state index in [0.717, 1.165) is 12.8 Å². The van der Waals surface area contributed by atoms with Gasteiger partial charge >= 0.3 is 0 Å². The van der Waals surface area contributed by atoms with Crippen LogP contribution in [0.4, 0.5) is 0 Å². The monoisotopic (exact) mass is 381 g/mol. The Kier molecular flexibility index (Phi) is 5.08. The minimum absolute atomic E-state index is 0.205. The lowest BCUT2D eigenvalue weighted by Crippen LogP contribution is -2.48. The fraction of sp³-hybridized carbons (Fsp3) is 0.286. The molecule has 0 unspecified atom stereocenters. The van der Waals surface area contributed by atoms with Gasteiger partial charge in [0.1, 0.15) is 0 Å². The predicted molar refractivity (Wildman–Crippen MR) is 126 cm³/mol. The third kappa shape index (κ3) is 3.51. The first-order chi connectivity index (χ1) is 13.9. The topological polar surface area (TPSA) is 12.0 Å². The second kappa shape index (κ2) is 7.55. The summed E-state index contributed by atoms with van der Waals surface area (Å²) in [4.78, 5) is 0. The number of hydrogen-bond donors (Lipinski definition) is 1. The summed E-state index contributed by atoms with van der Waals surface area (Å²) in [7, 11) is 0. The van der Waals surface area contributed by atoms with Crippen molar-refractivity contribution in [3.63, 3.8) is 0 Å². The highest BCUT2D eigenvalue weighted by atomic mass is 14.8. The van der Waals surface area contributed by atoms with Crippen LogP contribution in [0.1, 0.15) is 45.2 Å². The predicted octanol–water partition coefficient (Wildman–Crippen LogP) is 5.35. The molecule has 148 valence electrons. The van der Waals surface area contributed by atoms with Crippen molar-refractivity contribution in [2.24, 2.45) is 5.41 Å². The molecule has 0 radical (unpaired) electrons. The van der Waals surface area contributed by atoms with E-state index in [1.165, 1.54) is 32.7 Å². The van der Waals surface area contributed by atoms with Crippen LogP contribution in [0.3, 0.4) is 0 Å². The minimum atomic E-state index is 0.205. The fourth-order valence-electron chi connectivity index (χ4n) is 4.41. The van der Waals surface area contributed by atoms with Crippen LogP contribution in [0, 0.1) is 5.41 Å². The molecule has 0 spiro atoms. The SMILES string of the molecule is C1=CC=CNC=C1.CC1(C)CC=c2c(ccc3c2=CCc2ccccc2-3)C1(C)C. The lowest BCUT2D eigenvalue weighted by atomic mass is 9.59. The van der Waals surface area contributed by atoms with Gasteiger partial charge in [-0.05, 0) is 68.5 Å². The van der Waals surface area contributed by atoms with E-state index in [1.807, 2.05) is 36.7 Å². The van der Waals surface area contributed by atoms with E-state index in [4.69, 9.17) is 0 Å². The van der Waals surface area contributed by atoms with Crippen LogP contribution < -0.4 is 15.8 Å². The summed E-state index contributed by atoms with van der Waals surface area (Å²) in [6, 6.07) is 13.6. The van der Waals surface area contributed by atoms with E-state index in [2.05, 4.69) is 81.6 Å². The second-order valence-corrected chi connectivity index (χ2v) is 9.24. The molecule has 29 heavy (non-hydrogen) atoms. The van der Waals surface area contributed by atoms with Crippen molar-refractivity contribution in [1.29, 1.82) is 0 Å². The van der Waals surface area contributed by atoms with Gasteiger partial charge in [0.15, 0.2) is 0 Å². The zero-order valence-corrected chi connectivity index (χ0v) is 18.0. The summed E-state index contributed by atoms with van der Waals surface area (Å²) in [6.45, 7) is 9.60. The van der Waals surface area contributed by atoms with Gasteiger partial charge in [-0.15, -0.1) is 0 Å². The summed E-state index contributed by atoms with van der Waals surface area (Å²) in [5.74, 6) is 0. The summed E-state index contributed by atoms with van der Waals surface area (Å²) < 4.78 is 0. The third-order valence-electron chi connectivity index (χ3n) is 7.02. The average molecular weight is 382 g/mol. The molecule has 2 aromatic rings. The molecule has 1 nitrogen and oxygen atoms in total. The number of allylic oxidation sites excluding steroid dienone is 4. The Labute approximate surface area is 174 Å². The maximum absolute atomic E-state index is 2.92. The Balaban J connectivity index is 0.000000249. The van der Waals surface area contributed by atoms with Gasteiger partial charge in [-0.2, -0.15) is 0 Å². The smallest absolute Gasteiger partial charge is 0.000442 e. The van der Waals surface area contributed by atoms with E-state index in [0.29, 0.717) is 5.41 Å². The molecule has 2 aromatic carbocycles. The lowest BCUT2D eigenvalue weighted by molar-refractivity contribution is 0.198. The number of rotatable bonds is 0. The Morgan fingerprint density at radius 3 is 2.21 bits per heavy atom. The van der Waals surface area contributed by atoms with E-state index < -0.39 is 0 Å². The fourth-order valence-corrected chi connectivity index (χ4v) is 4.41. The normalized spacial score (nSPS) is 19.0. The average Bonchev–Trinajstić information content (AvgIpc) is 3.04. The molecule has 1 N–H and O–H groups in total. The molecule has 0 saturated heterocycles. The molecule has 0 amide bonds. The van der Waals surface area contributed by atoms with Gasteiger partial charge in [-0.25, -0.2) is 0 Å². The molecule has 1 heteroatoms. The van der Waals surface area contributed by atoms with Crippen LogP contribution >= 0.6 is 0 Å². The first-order valence-electron chi connectivity index (χ1n) is 10.6. The zero-order valence-electron chi connectivity index (χ0n) is 18.0. The van der Waals surface area contributed by atoms with E-state index in [9.17, 15) is 0 Å².